The Bertz CT molecular complexity index is 607. The maximum Gasteiger partial charge on any atom is 0.220 e. The van der Waals surface area contributed by atoms with Crippen molar-refractivity contribution in [1.82, 2.24) is 14.9 Å². The molecule has 1 N–H and O–H groups in total. The van der Waals surface area contributed by atoms with E-state index in [2.05, 4.69) is 16.2 Å². The zero-order valence-electron chi connectivity index (χ0n) is 10.3. The molecule has 18 heavy (non-hydrogen) atoms. The molecule has 92 valence electrons. The van der Waals surface area contributed by atoms with Crippen molar-refractivity contribution in [2.45, 2.75) is 26.4 Å². The number of aromatic nitrogens is 2. The number of nitrogens with zero attached hydrogens (tertiary/aromatic N) is 2. The first-order valence-electron chi connectivity index (χ1n) is 5.90. The van der Waals surface area contributed by atoms with Gasteiger partial charge in [0, 0.05) is 6.42 Å². The summed E-state index contributed by atoms with van der Waals surface area (Å²) in [5, 5.41) is 2.82. The minimum Gasteiger partial charge on any atom is -0.349 e. The number of para-hydroxylation sites is 2. The molecule has 1 heterocycles. The number of hydrogen-bond acceptors (Lipinski definition) is 2. The Labute approximate surface area is 106 Å². The van der Waals surface area contributed by atoms with E-state index in [1.165, 1.54) is 0 Å². The van der Waals surface area contributed by atoms with Crippen LogP contribution in [-0.2, 0) is 17.9 Å². The zero-order chi connectivity index (χ0) is 13.0. The number of carbonyl (C=O) groups excluding carboxylic acids is 1. The van der Waals surface area contributed by atoms with Gasteiger partial charge in [-0.1, -0.05) is 25.0 Å². The van der Waals surface area contributed by atoms with Crippen molar-refractivity contribution < 1.29 is 4.79 Å². The fraction of sp³-hybridized carbons (Fsp3) is 0.286. The van der Waals surface area contributed by atoms with Crippen LogP contribution in [0.4, 0.5) is 0 Å². The molecule has 0 aliphatic heterocycles. The molecule has 0 fully saturated rings. The highest BCUT2D eigenvalue weighted by atomic mass is 16.1. The van der Waals surface area contributed by atoms with E-state index < -0.39 is 0 Å². The molecule has 0 bridgehead atoms. The molecule has 0 radical (unpaired) electrons. The Kier molecular flexibility index (Phi) is 3.63. The van der Waals surface area contributed by atoms with Gasteiger partial charge in [-0.3, -0.25) is 4.79 Å². The third-order valence-electron chi connectivity index (χ3n) is 2.75. The summed E-state index contributed by atoms with van der Waals surface area (Å²) in [5.41, 5.74) is 1.89. The van der Waals surface area contributed by atoms with Gasteiger partial charge in [0.15, 0.2) is 0 Å². The number of amides is 1. The number of benzene rings is 1. The van der Waals surface area contributed by atoms with E-state index in [4.69, 9.17) is 6.42 Å². The van der Waals surface area contributed by atoms with Crippen molar-refractivity contribution >= 4 is 16.9 Å². The van der Waals surface area contributed by atoms with Gasteiger partial charge >= 0.3 is 0 Å². The van der Waals surface area contributed by atoms with Gasteiger partial charge in [-0.05, 0) is 12.1 Å². The molecule has 0 spiro atoms. The Balaban J connectivity index is 2.34. The van der Waals surface area contributed by atoms with Gasteiger partial charge in [0.2, 0.25) is 5.91 Å². The quantitative estimate of drug-likeness (QED) is 0.828. The van der Waals surface area contributed by atoms with Gasteiger partial charge in [-0.25, -0.2) is 4.98 Å². The first-order chi connectivity index (χ1) is 8.76. The third-order valence-corrected chi connectivity index (χ3v) is 2.75. The van der Waals surface area contributed by atoms with Crippen LogP contribution in [0.1, 0.15) is 19.2 Å². The number of rotatable bonds is 4. The van der Waals surface area contributed by atoms with E-state index >= 15 is 0 Å². The highest BCUT2D eigenvalue weighted by Crippen LogP contribution is 2.15. The van der Waals surface area contributed by atoms with Crippen molar-refractivity contribution in [3.63, 3.8) is 0 Å². The topological polar surface area (TPSA) is 46.9 Å². The molecule has 4 heteroatoms. The number of imidazole rings is 1. The van der Waals surface area contributed by atoms with Gasteiger partial charge in [0.1, 0.15) is 5.82 Å². The summed E-state index contributed by atoms with van der Waals surface area (Å²) in [5.74, 6) is 3.41. The monoisotopic (exact) mass is 241 g/mol. The first-order valence-corrected chi connectivity index (χ1v) is 5.90. The van der Waals surface area contributed by atoms with E-state index in [-0.39, 0.29) is 5.91 Å². The van der Waals surface area contributed by atoms with Crippen LogP contribution < -0.4 is 5.32 Å². The fourth-order valence-corrected chi connectivity index (χ4v) is 1.83. The van der Waals surface area contributed by atoms with Crippen molar-refractivity contribution in [3.05, 3.63) is 30.1 Å². The molecule has 1 amide bonds. The summed E-state index contributed by atoms with van der Waals surface area (Å²) in [6, 6.07) is 7.80. The summed E-state index contributed by atoms with van der Waals surface area (Å²) in [6.45, 7) is 2.68. The van der Waals surface area contributed by atoms with Gasteiger partial charge in [-0.15, -0.1) is 6.42 Å². The normalized spacial score (nSPS) is 10.2. The minimum atomic E-state index is 0.00862. The molecule has 2 rings (SSSR count). The number of hydrogen-bond donors (Lipinski definition) is 1. The molecule has 0 atom stereocenters. The molecule has 0 unspecified atom stereocenters. The molecule has 1 aromatic heterocycles. The molecule has 2 aromatic rings. The van der Waals surface area contributed by atoms with Crippen LogP contribution in [-0.4, -0.2) is 15.5 Å². The summed E-state index contributed by atoms with van der Waals surface area (Å²) in [6.07, 6.45) is 5.84. The summed E-state index contributed by atoms with van der Waals surface area (Å²) in [7, 11) is 0. The van der Waals surface area contributed by atoms with Gasteiger partial charge < -0.3 is 9.88 Å². The number of terminal acetylenes is 1. The lowest BCUT2D eigenvalue weighted by Crippen LogP contribution is -2.23. The maximum absolute atomic E-state index is 11.3. The Morgan fingerprint density at radius 1 is 1.50 bits per heavy atom. The lowest BCUT2D eigenvalue weighted by Gasteiger charge is -2.06. The van der Waals surface area contributed by atoms with E-state index in [0.717, 1.165) is 16.9 Å². The van der Waals surface area contributed by atoms with Crippen LogP contribution >= 0.6 is 0 Å². The van der Waals surface area contributed by atoms with Crippen molar-refractivity contribution in [2.24, 2.45) is 0 Å². The second-order valence-corrected chi connectivity index (χ2v) is 3.94. The molecule has 0 saturated carbocycles. The molecule has 4 nitrogen and oxygen atoms in total. The number of nitrogens with one attached hydrogen (secondary N) is 1. The lowest BCUT2D eigenvalue weighted by molar-refractivity contribution is -0.120. The van der Waals surface area contributed by atoms with Crippen molar-refractivity contribution in [1.29, 1.82) is 0 Å². The predicted molar refractivity (Wildman–Crippen MR) is 70.7 cm³/mol. The average molecular weight is 241 g/mol. The maximum atomic E-state index is 11.3. The second-order valence-electron chi connectivity index (χ2n) is 3.94. The first kappa shape index (κ1) is 12.2. The van der Waals surface area contributed by atoms with Gasteiger partial charge in [-0.2, -0.15) is 0 Å². The Morgan fingerprint density at radius 2 is 2.28 bits per heavy atom. The molecular weight excluding hydrogens is 226 g/mol. The number of fused-ring (bicyclic) bond motifs is 1. The van der Waals surface area contributed by atoms with Crippen LogP contribution in [0.5, 0.6) is 0 Å². The molecule has 0 aliphatic rings. The van der Waals surface area contributed by atoms with E-state index in [0.29, 0.717) is 19.5 Å². The Hall–Kier alpha value is -2.28. The van der Waals surface area contributed by atoms with E-state index in [1.54, 1.807) is 0 Å². The lowest BCUT2D eigenvalue weighted by atomic mass is 10.3. The SMILES string of the molecule is C#CCn1c(CNC(=O)CC)nc2ccccc21. The predicted octanol–water partition coefficient (Wildman–Crippen LogP) is 1.70. The van der Waals surface area contributed by atoms with Crippen LogP contribution in [0.3, 0.4) is 0 Å². The third kappa shape index (κ3) is 2.35. The highest BCUT2D eigenvalue weighted by molar-refractivity contribution is 5.77. The van der Waals surface area contributed by atoms with Crippen molar-refractivity contribution in [3.8, 4) is 12.3 Å². The molecule has 1 aromatic carbocycles. The summed E-state index contributed by atoms with van der Waals surface area (Å²) in [4.78, 5) is 15.8. The standard InChI is InChI=1S/C14H15N3O/c1-3-9-17-12-8-6-5-7-11(12)16-13(17)10-15-14(18)4-2/h1,5-8H,4,9-10H2,2H3,(H,15,18). The Morgan fingerprint density at radius 3 is 3.00 bits per heavy atom. The average Bonchev–Trinajstić information content (AvgIpc) is 2.75. The van der Waals surface area contributed by atoms with Crippen LogP contribution in [0, 0.1) is 12.3 Å². The molecular formula is C14H15N3O. The fourth-order valence-electron chi connectivity index (χ4n) is 1.83. The van der Waals surface area contributed by atoms with E-state index in [9.17, 15) is 4.79 Å². The van der Waals surface area contributed by atoms with Crippen LogP contribution in [0.25, 0.3) is 11.0 Å². The molecule has 0 aliphatic carbocycles. The highest BCUT2D eigenvalue weighted by Gasteiger charge is 2.09. The molecule has 0 saturated heterocycles. The minimum absolute atomic E-state index is 0.00862. The second kappa shape index (κ2) is 5.37. The summed E-state index contributed by atoms with van der Waals surface area (Å²) < 4.78 is 1.95. The smallest absolute Gasteiger partial charge is 0.220 e. The van der Waals surface area contributed by atoms with Crippen LogP contribution in [0.2, 0.25) is 0 Å². The van der Waals surface area contributed by atoms with Gasteiger partial charge in [0.05, 0.1) is 24.1 Å². The van der Waals surface area contributed by atoms with E-state index in [1.807, 2.05) is 35.8 Å². The van der Waals surface area contributed by atoms with Crippen molar-refractivity contribution in [2.75, 3.05) is 0 Å². The largest absolute Gasteiger partial charge is 0.349 e. The number of carbonyl (C=O) groups is 1. The van der Waals surface area contributed by atoms with Gasteiger partial charge in [0.25, 0.3) is 0 Å². The summed E-state index contributed by atoms with van der Waals surface area (Å²) >= 11 is 0. The van der Waals surface area contributed by atoms with Crippen LogP contribution in [0.15, 0.2) is 24.3 Å². The zero-order valence-corrected chi connectivity index (χ0v) is 10.3.